The molecule has 4 aromatic rings. The molecular weight excluding hydrogens is 701 g/mol. The van der Waals surface area contributed by atoms with Crippen molar-refractivity contribution < 1.29 is 46.1 Å². The van der Waals surface area contributed by atoms with E-state index in [0.29, 0.717) is 34.8 Å². The third-order valence-corrected chi connectivity index (χ3v) is 10.2. The van der Waals surface area contributed by atoms with Crippen LogP contribution in [0.1, 0.15) is 30.0 Å². The molecule has 1 aliphatic heterocycles. The molecular formula is C36H41F3N4O8Si. The van der Waals surface area contributed by atoms with E-state index < -0.39 is 44.1 Å². The van der Waals surface area contributed by atoms with E-state index >= 15 is 4.39 Å². The van der Waals surface area contributed by atoms with Crippen LogP contribution in [0.3, 0.4) is 0 Å². The Morgan fingerprint density at radius 1 is 1.06 bits per heavy atom. The number of amides is 2. The van der Waals surface area contributed by atoms with Gasteiger partial charge in [0.25, 0.3) is 5.91 Å². The van der Waals surface area contributed by atoms with Gasteiger partial charge >= 0.3 is 12.4 Å². The number of benzene rings is 2. The van der Waals surface area contributed by atoms with E-state index in [2.05, 4.69) is 29.9 Å². The van der Waals surface area contributed by atoms with Crippen molar-refractivity contribution in [1.82, 2.24) is 14.5 Å². The Balaban J connectivity index is 1.38. The van der Waals surface area contributed by atoms with Crippen LogP contribution in [-0.4, -0.2) is 68.5 Å². The van der Waals surface area contributed by atoms with Gasteiger partial charge < -0.3 is 28.7 Å². The van der Waals surface area contributed by atoms with Crippen molar-refractivity contribution in [2.24, 2.45) is 0 Å². The van der Waals surface area contributed by atoms with Crippen molar-refractivity contribution in [1.29, 1.82) is 0 Å². The average molecular weight is 743 g/mol. The Bertz CT molecular complexity index is 1990. The summed E-state index contributed by atoms with van der Waals surface area (Å²) in [7, 11) is 1.62. The monoisotopic (exact) mass is 742 g/mol. The van der Waals surface area contributed by atoms with E-state index in [1.54, 1.807) is 25.1 Å². The highest BCUT2D eigenvalue weighted by molar-refractivity contribution is 6.76. The number of hydrogen-bond donors (Lipinski definition) is 1. The molecule has 1 aliphatic rings. The molecule has 1 saturated heterocycles. The summed E-state index contributed by atoms with van der Waals surface area (Å²) in [6, 6.07) is 10.5. The first-order valence-electron chi connectivity index (χ1n) is 16.5. The van der Waals surface area contributed by atoms with Crippen LogP contribution in [0.15, 0.2) is 57.9 Å². The van der Waals surface area contributed by atoms with E-state index in [-0.39, 0.29) is 54.7 Å². The van der Waals surface area contributed by atoms with Crippen molar-refractivity contribution in [2.45, 2.75) is 64.6 Å². The maximum Gasteiger partial charge on any atom is 0.420 e. The quantitative estimate of drug-likeness (QED) is 0.0783. The molecule has 0 radical (unpaired) electrons. The zero-order valence-electron chi connectivity index (χ0n) is 29.8. The zero-order chi connectivity index (χ0) is 37.7. The highest BCUT2D eigenvalue weighted by atomic mass is 28.3. The number of aromatic nitrogens is 2. The summed E-state index contributed by atoms with van der Waals surface area (Å²) in [6.07, 6.45) is 1.33. The lowest BCUT2D eigenvalue weighted by molar-refractivity contribution is -0.157. The van der Waals surface area contributed by atoms with Gasteiger partial charge in [-0.25, -0.2) is 14.2 Å². The van der Waals surface area contributed by atoms with Crippen molar-refractivity contribution in [3.63, 3.8) is 0 Å². The summed E-state index contributed by atoms with van der Waals surface area (Å²) in [5.41, 5.74) is 1.47. The average Bonchev–Trinajstić information content (AvgIpc) is 3.47. The molecule has 16 heteroatoms. The van der Waals surface area contributed by atoms with Crippen LogP contribution in [0.5, 0.6) is 17.2 Å². The number of nitrogens with zero attached hydrogens (tertiary/aromatic N) is 3. The van der Waals surface area contributed by atoms with Crippen LogP contribution >= 0.6 is 0 Å². The molecule has 0 bridgehead atoms. The Kier molecular flexibility index (Phi) is 11.8. The fourth-order valence-corrected chi connectivity index (χ4v) is 6.42. The normalized spacial score (nSPS) is 15.0. The fraction of sp³-hybridized carbons (Fsp3) is 0.389. The van der Waals surface area contributed by atoms with Gasteiger partial charge in [-0.2, -0.15) is 8.78 Å². The van der Waals surface area contributed by atoms with E-state index in [4.69, 9.17) is 23.4 Å². The van der Waals surface area contributed by atoms with Gasteiger partial charge in [-0.05, 0) is 55.3 Å². The smallest absolute Gasteiger partial charge is 0.420 e. The van der Waals surface area contributed by atoms with Crippen LogP contribution in [0.25, 0.3) is 22.6 Å². The Labute approximate surface area is 299 Å². The standard InChI is InChI=1S/C36H41F3N4O8Si/c1-21-15-27(41-33(32(21)51-35(38)39)40-18-23-7-9-24(47-2)17-29(23)48-3)22-8-10-25(26(37)16-22)30-19-42(36(46)50-30)28-11-12-31(44)43(34(28)45)20-49-13-14-52(4,5)6/h7-10,15-17,19,28,35H,11-14,18,20H2,1-6H3,(H,40,41). The molecule has 0 spiro atoms. The molecule has 278 valence electrons. The van der Waals surface area contributed by atoms with Crippen LogP contribution in [0.4, 0.5) is 19.0 Å². The molecule has 3 heterocycles. The lowest BCUT2D eigenvalue weighted by Crippen LogP contribution is -2.48. The predicted molar refractivity (Wildman–Crippen MR) is 189 cm³/mol. The number of alkyl halides is 2. The molecule has 1 atom stereocenters. The highest BCUT2D eigenvalue weighted by Gasteiger charge is 2.37. The third-order valence-electron chi connectivity index (χ3n) is 8.54. The maximum absolute atomic E-state index is 15.7. The molecule has 2 aromatic heterocycles. The molecule has 1 fully saturated rings. The molecule has 1 N–H and O–H groups in total. The molecule has 2 aromatic carbocycles. The summed E-state index contributed by atoms with van der Waals surface area (Å²) in [5, 5.41) is 3.02. The Morgan fingerprint density at radius 3 is 2.50 bits per heavy atom. The summed E-state index contributed by atoms with van der Waals surface area (Å²) < 4.78 is 70.1. The number of imide groups is 1. The number of carbonyl (C=O) groups is 2. The van der Waals surface area contributed by atoms with Gasteiger partial charge in [0.05, 0.1) is 31.7 Å². The number of hydrogen-bond acceptors (Lipinski definition) is 10. The lowest BCUT2D eigenvalue weighted by atomic mass is 10.0. The van der Waals surface area contributed by atoms with Gasteiger partial charge in [-0.1, -0.05) is 25.7 Å². The second-order valence-electron chi connectivity index (χ2n) is 13.4. The van der Waals surface area contributed by atoms with E-state index in [1.165, 1.54) is 44.7 Å². The number of oxazole rings is 1. The Morgan fingerprint density at radius 2 is 1.83 bits per heavy atom. The number of nitrogens with one attached hydrogen (secondary N) is 1. The van der Waals surface area contributed by atoms with Gasteiger partial charge in [0, 0.05) is 44.8 Å². The molecule has 12 nitrogen and oxygen atoms in total. The largest absolute Gasteiger partial charge is 0.497 e. The molecule has 0 aliphatic carbocycles. The number of ether oxygens (including phenoxy) is 4. The van der Waals surface area contributed by atoms with Crippen LogP contribution < -0.4 is 25.3 Å². The van der Waals surface area contributed by atoms with Gasteiger partial charge in [0.1, 0.15) is 30.1 Å². The van der Waals surface area contributed by atoms with Crippen LogP contribution in [0.2, 0.25) is 25.7 Å². The van der Waals surface area contributed by atoms with E-state index in [1.807, 2.05) is 0 Å². The first-order valence-corrected chi connectivity index (χ1v) is 20.2. The molecule has 2 amide bonds. The van der Waals surface area contributed by atoms with Crippen molar-refractivity contribution in [3.8, 4) is 39.8 Å². The number of halogens is 3. The van der Waals surface area contributed by atoms with Crippen molar-refractivity contribution >= 4 is 25.7 Å². The zero-order valence-corrected chi connectivity index (χ0v) is 30.8. The third kappa shape index (κ3) is 8.85. The second kappa shape index (κ2) is 16.1. The number of anilines is 1. The van der Waals surface area contributed by atoms with Crippen LogP contribution in [0, 0.1) is 12.7 Å². The van der Waals surface area contributed by atoms with Gasteiger partial charge in [-0.3, -0.25) is 19.1 Å². The van der Waals surface area contributed by atoms with Gasteiger partial charge in [-0.15, -0.1) is 0 Å². The minimum Gasteiger partial charge on any atom is -0.497 e. The highest BCUT2D eigenvalue weighted by Crippen LogP contribution is 2.36. The summed E-state index contributed by atoms with van der Waals surface area (Å²) in [5.74, 6) is -1.92. The summed E-state index contributed by atoms with van der Waals surface area (Å²) >= 11 is 0. The molecule has 0 saturated carbocycles. The number of pyridine rings is 1. The minimum absolute atomic E-state index is 0.00754. The second-order valence-corrected chi connectivity index (χ2v) is 19.1. The minimum atomic E-state index is -3.12. The van der Waals surface area contributed by atoms with Gasteiger partial charge in [0.15, 0.2) is 17.3 Å². The fourth-order valence-electron chi connectivity index (χ4n) is 5.66. The van der Waals surface area contributed by atoms with Crippen molar-refractivity contribution in [3.05, 3.63) is 76.2 Å². The van der Waals surface area contributed by atoms with Crippen LogP contribution in [-0.2, 0) is 20.9 Å². The number of methoxy groups -OCH3 is 2. The molecule has 52 heavy (non-hydrogen) atoms. The summed E-state index contributed by atoms with van der Waals surface area (Å²) in [4.78, 5) is 44.3. The lowest BCUT2D eigenvalue weighted by Gasteiger charge is -2.30. The number of likely N-dealkylation sites (tertiary alicyclic amines) is 1. The van der Waals surface area contributed by atoms with E-state index in [0.717, 1.165) is 15.5 Å². The number of rotatable bonds is 15. The number of piperidine rings is 1. The Hall–Kier alpha value is -5.09. The molecule has 1 unspecified atom stereocenters. The van der Waals surface area contributed by atoms with E-state index in [9.17, 15) is 23.2 Å². The van der Waals surface area contributed by atoms with Crippen molar-refractivity contribution in [2.75, 3.05) is 32.9 Å². The number of carbonyl (C=O) groups excluding carboxylic acids is 2. The first kappa shape index (κ1) is 38.1. The SMILES string of the molecule is COc1ccc(CNc2nc(-c3ccc(-c4cn(C5CCC(=O)N(COCC[Si](C)(C)C)C5=O)c(=O)o4)c(F)c3)cc(C)c2OC(F)F)c(OC)c1. The predicted octanol–water partition coefficient (Wildman–Crippen LogP) is 6.85. The summed E-state index contributed by atoms with van der Waals surface area (Å²) in [6.45, 7) is 5.30. The topological polar surface area (TPSA) is 134 Å². The maximum atomic E-state index is 15.7. The van der Waals surface area contributed by atoms with Gasteiger partial charge in [0.2, 0.25) is 5.91 Å². The molecule has 5 rings (SSSR count). The number of aryl methyl sites for hydroxylation is 1. The first-order chi connectivity index (χ1) is 24.7.